The third-order valence-corrected chi connectivity index (χ3v) is 3.51. The molecule has 1 aromatic carbocycles. The van der Waals surface area contributed by atoms with Crippen LogP contribution >= 0.6 is 0 Å². The Labute approximate surface area is 113 Å². The molecule has 1 aliphatic carbocycles. The van der Waals surface area contributed by atoms with Crippen LogP contribution in [0.3, 0.4) is 0 Å². The van der Waals surface area contributed by atoms with E-state index in [9.17, 15) is 4.79 Å². The number of carbonyl (C=O) groups excluding carboxylic acids is 1. The number of ether oxygens (including phenoxy) is 2. The molecule has 0 amide bonds. The standard InChI is InChI=1S/C15H21NO3/c1-2-18-15(17)13-10-12(16)6-7-14(13)19-9-8-11-4-3-5-11/h6-7,10-11H,2-5,8-9,16H2,1H3. The molecule has 0 aliphatic heterocycles. The fraction of sp³-hybridized carbons (Fsp3) is 0.533. The molecule has 0 radical (unpaired) electrons. The van der Waals surface area contributed by atoms with E-state index in [1.807, 2.05) is 0 Å². The number of anilines is 1. The maximum atomic E-state index is 11.8. The molecule has 1 aromatic rings. The SMILES string of the molecule is CCOC(=O)c1cc(N)ccc1OCCC1CCC1. The number of hydrogen-bond donors (Lipinski definition) is 1. The van der Waals surface area contributed by atoms with Crippen molar-refractivity contribution in [3.63, 3.8) is 0 Å². The predicted octanol–water partition coefficient (Wildman–Crippen LogP) is 3.01. The van der Waals surface area contributed by atoms with E-state index in [-0.39, 0.29) is 5.97 Å². The lowest BCUT2D eigenvalue weighted by atomic mass is 9.83. The monoisotopic (exact) mass is 263 g/mol. The average molecular weight is 263 g/mol. The number of esters is 1. The van der Waals surface area contributed by atoms with Gasteiger partial charge in [0.25, 0.3) is 0 Å². The van der Waals surface area contributed by atoms with Crippen molar-refractivity contribution in [2.24, 2.45) is 5.92 Å². The zero-order valence-corrected chi connectivity index (χ0v) is 11.4. The molecule has 2 N–H and O–H groups in total. The fourth-order valence-electron chi connectivity index (χ4n) is 2.16. The first-order valence-corrected chi connectivity index (χ1v) is 6.90. The van der Waals surface area contributed by atoms with Crippen molar-refractivity contribution in [1.29, 1.82) is 0 Å². The summed E-state index contributed by atoms with van der Waals surface area (Å²) >= 11 is 0. The molecule has 1 fully saturated rings. The van der Waals surface area contributed by atoms with Crippen molar-refractivity contribution in [2.75, 3.05) is 18.9 Å². The minimum absolute atomic E-state index is 0.342. The van der Waals surface area contributed by atoms with Crippen LogP contribution in [0.1, 0.15) is 43.0 Å². The summed E-state index contributed by atoms with van der Waals surface area (Å²) in [5, 5.41) is 0. The Kier molecular flexibility index (Phi) is 4.66. The number of nitrogens with two attached hydrogens (primary N) is 1. The van der Waals surface area contributed by atoms with E-state index in [1.54, 1.807) is 25.1 Å². The van der Waals surface area contributed by atoms with Crippen LogP contribution in [0.5, 0.6) is 5.75 Å². The highest BCUT2D eigenvalue weighted by Crippen LogP contribution is 2.30. The van der Waals surface area contributed by atoms with Gasteiger partial charge in [0, 0.05) is 5.69 Å². The topological polar surface area (TPSA) is 61.5 Å². The molecule has 4 heteroatoms. The van der Waals surface area contributed by atoms with Crippen LogP contribution in [0.25, 0.3) is 0 Å². The van der Waals surface area contributed by atoms with E-state index in [2.05, 4.69) is 0 Å². The largest absolute Gasteiger partial charge is 0.493 e. The van der Waals surface area contributed by atoms with Gasteiger partial charge in [0.1, 0.15) is 11.3 Å². The highest BCUT2D eigenvalue weighted by Gasteiger charge is 2.18. The van der Waals surface area contributed by atoms with Crippen LogP contribution in [-0.4, -0.2) is 19.2 Å². The van der Waals surface area contributed by atoms with Gasteiger partial charge in [0.05, 0.1) is 13.2 Å². The van der Waals surface area contributed by atoms with Gasteiger partial charge in [-0.15, -0.1) is 0 Å². The third-order valence-electron chi connectivity index (χ3n) is 3.51. The first kappa shape index (κ1) is 13.7. The van der Waals surface area contributed by atoms with Crippen molar-refractivity contribution >= 4 is 11.7 Å². The summed E-state index contributed by atoms with van der Waals surface area (Å²) in [6.07, 6.45) is 4.99. The summed E-state index contributed by atoms with van der Waals surface area (Å²) in [6, 6.07) is 5.08. The van der Waals surface area contributed by atoms with Gasteiger partial charge in [0.2, 0.25) is 0 Å². The minimum Gasteiger partial charge on any atom is -0.493 e. The number of carbonyl (C=O) groups is 1. The quantitative estimate of drug-likeness (QED) is 0.633. The van der Waals surface area contributed by atoms with E-state index in [1.165, 1.54) is 19.3 Å². The molecule has 104 valence electrons. The zero-order chi connectivity index (χ0) is 13.7. The van der Waals surface area contributed by atoms with Crippen molar-refractivity contribution in [3.8, 4) is 5.75 Å². The van der Waals surface area contributed by atoms with Crippen molar-refractivity contribution in [1.82, 2.24) is 0 Å². The van der Waals surface area contributed by atoms with E-state index in [0.29, 0.717) is 30.2 Å². The van der Waals surface area contributed by atoms with Crippen molar-refractivity contribution < 1.29 is 14.3 Å². The summed E-state index contributed by atoms with van der Waals surface area (Å²) in [5.41, 5.74) is 6.65. The second kappa shape index (κ2) is 6.45. The van der Waals surface area contributed by atoms with E-state index in [0.717, 1.165) is 12.3 Å². The lowest BCUT2D eigenvalue weighted by molar-refractivity contribution is 0.0521. The summed E-state index contributed by atoms with van der Waals surface area (Å²) < 4.78 is 10.7. The molecule has 0 aromatic heterocycles. The molecule has 0 spiro atoms. The Bertz CT molecular complexity index is 441. The number of nitrogen functional groups attached to an aromatic ring is 1. The van der Waals surface area contributed by atoms with Gasteiger partial charge in [0.15, 0.2) is 0 Å². The van der Waals surface area contributed by atoms with Crippen LogP contribution in [0.4, 0.5) is 5.69 Å². The summed E-state index contributed by atoms with van der Waals surface area (Å²) in [6.45, 7) is 2.76. The van der Waals surface area contributed by atoms with Crippen molar-refractivity contribution in [2.45, 2.75) is 32.6 Å². The number of benzene rings is 1. The second-order valence-electron chi connectivity index (χ2n) is 4.91. The highest BCUT2D eigenvalue weighted by molar-refractivity contribution is 5.93. The molecule has 19 heavy (non-hydrogen) atoms. The lowest BCUT2D eigenvalue weighted by Gasteiger charge is -2.25. The lowest BCUT2D eigenvalue weighted by Crippen LogP contribution is -2.15. The number of rotatable bonds is 6. The van der Waals surface area contributed by atoms with Crippen LogP contribution in [-0.2, 0) is 4.74 Å². The molecule has 1 saturated carbocycles. The highest BCUT2D eigenvalue weighted by atomic mass is 16.5. The summed E-state index contributed by atoms with van der Waals surface area (Å²) in [7, 11) is 0. The molecule has 0 bridgehead atoms. The molecular formula is C15H21NO3. The van der Waals surface area contributed by atoms with Crippen LogP contribution < -0.4 is 10.5 Å². The van der Waals surface area contributed by atoms with Crippen LogP contribution in [0.2, 0.25) is 0 Å². The first-order chi connectivity index (χ1) is 9.20. The molecule has 0 heterocycles. The molecule has 2 rings (SSSR count). The summed E-state index contributed by atoms with van der Waals surface area (Å²) in [4.78, 5) is 11.8. The molecule has 0 atom stereocenters. The van der Waals surface area contributed by atoms with Gasteiger partial charge in [-0.3, -0.25) is 0 Å². The first-order valence-electron chi connectivity index (χ1n) is 6.90. The Hall–Kier alpha value is -1.71. The van der Waals surface area contributed by atoms with Gasteiger partial charge >= 0.3 is 5.97 Å². The molecule has 0 saturated heterocycles. The van der Waals surface area contributed by atoms with Gasteiger partial charge in [-0.05, 0) is 37.5 Å². The maximum absolute atomic E-state index is 11.8. The fourth-order valence-corrected chi connectivity index (χ4v) is 2.16. The molecule has 0 unspecified atom stereocenters. The number of hydrogen-bond acceptors (Lipinski definition) is 4. The van der Waals surface area contributed by atoms with Gasteiger partial charge in [-0.2, -0.15) is 0 Å². The molecule has 4 nitrogen and oxygen atoms in total. The van der Waals surface area contributed by atoms with Gasteiger partial charge in [-0.1, -0.05) is 19.3 Å². The Morgan fingerprint density at radius 3 is 2.84 bits per heavy atom. The predicted molar refractivity (Wildman–Crippen MR) is 74.3 cm³/mol. The average Bonchev–Trinajstić information content (AvgIpc) is 2.34. The Morgan fingerprint density at radius 1 is 1.42 bits per heavy atom. The van der Waals surface area contributed by atoms with E-state index < -0.39 is 0 Å². The zero-order valence-electron chi connectivity index (χ0n) is 11.4. The maximum Gasteiger partial charge on any atom is 0.341 e. The Balaban J connectivity index is 1.98. The molecule has 1 aliphatic rings. The van der Waals surface area contributed by atoms with E-state index >= 15 is 0 Å². The second-order valence-corrected chi connectivity index (χ2v) is 4.91. The minimum atomic E-state index is -0.381. The Morgan fingerprint density at radius 2 is 2.21 bits per heavy atom. The van der Waals surface area contributed by atoms with Gasteiger partial charge in [-0.25, -0.2) is 4.79 Å². The van der Waals surface area contributed by atoms with E-state index in [4.69, 9.17) is 15.2 Å². The smallest absolute Gasteiger partial charge is 0.341 e. The molecular weight excluding hydrogens is 242 g/mol. The third kappa shape index (κ3) is 3.63. The normalized spacial score (nSPS) is 14.8. The van der Waals surface area contributed by atoms with Crippen LogP contribution in [0.15, 0.2) is 18.2 Å². The van der Waals surface area contributed by atoms with Crippen molar-refractivity contribution in [3.05, 3.63) is 23.8 Å². The van der Waals surface area contributed by atoms with Gasteiger partial charge < -0.3 is 15.2 Å². The summed E-state index contributed by atoms with van der Waals surface area (Å²) in [5.74, 6) is 0.972. The van der Waals surface area contributed by atoms with Crippen LogP contribution in [0, 0.1) is 5.92 Å².